The fourth-order valence-corrected chi connectivity index (χ4v) is 2.77. The minimum atomic E-state index is -0.938. The van der Waals surface area contributed by atoms with Gasteiger partial charge in [-0.3, -0.25) is 14.9 Å². The number of carboxylic acid groups (broad SMARTS) is 1. The first-order chi connectivity index (χ1) is 9.97. The normalized spacial score (nSPS) is 17.0. The van der Waals surface area contributed by atoms with Crippen LogP contribution in [0.1, 0.15) is 58.3 Å². The summed E-state index contributed by atoms with van der Waals surface area (Å²) in [6, 6.07) is -0.488. The Bertz CT molecular complexity index is 365. The van der Waals surface area contributed by atoms with E-state index in [2.05, 4.69) is 10.6 Å². The number of carboxylic acids is 1. The number of nitrogens with one attached hydrogen (secondary N) is 2. The molecule has 6 heteroatoms. The van der Waals surface area contributed by atoms with E-state index < -0.39 is 17.9 Å². The van der Waals surface area contributed by atoms with Gasteiger partial charge in [0.25, 0.3) is 0 Å². The molecular weight excluding hydrogens is 272 g/mol. The molecule has 0 aliphatic heterocycles. The largest absolute Gasteiger partial charge is 0.481 e. The van der Waals surface area contributed by atoms with Crippen molar-refractivity contribution in [2.45, 2.75) is 58.3 Å². The molecule has 0 bridgehead atoms. The van der Waals surface area contributed by atoms with E-state index in [0.717, 1.165) is 6.42 Å². The molecule has 0 spiro atoms. The third kappa shape index (κ3) is 8.32. The van der Waals surface area contributed by atoms with Crippen LogP contribution in [0.2, 0.25) is 0 Å². The Labute approximate surface area is 125 Å². The topological polar surface area (TPSA) is 95.5 Å². The zero-order valence-corrected chi connectivity index (χ0v) is 12.7. The number of aliphatic carboxylic acids is 1. The van der Waals surface area contributed by atoms with Gasteiger partial charge in [-0.2, -0.15) is 0 Å². The lowest BCUT2D eigenvalue weighted by Gasteiger charge is -2.21. The first-order valence-electron chi connectivity index (χ1n) is 7.77. The van der Waals surface area contributed by atoms with Crippen molar-refractivity contribution in [1.82, 2.24) is 10.6 Å². The summed E-state index contributed by atoms with van der Waals surface area (Å²) in [6.07, 6.45) is 7.25. The standard InChI is InChI=1S/C15H26N2O4/c1-11(10-14(19)20)9-13(18)17-15(21)16-8-7-12-5-3-2-4-6-12/h11-12H,2-10H2,1H3,(H,19,20)(H2,16,17,18,21). The molecule has 1 saturated carbocycles. The van der Waals surface area contributed by atoms with Crippen LogP contribution in [0.4, 0.5) is 4.79 Å². The lowest BCUT2D eigenvalue weighted by atomic mass is 9.87. The summed E-state index contributed by atoms with van der Waals surface area (Å²) < 4.78 is 0. The Balaban J connectivity index is 2.11. The van der Waals surface area contributed by atoms with Crippen LogP contribution in [0, 0.1) is 11.8 Å². The fraction of sp³-hybridized carbons (Fsp3) is 0.800. The van der Waals surface area contributed by atoms with Crippen LogP contribution in [0.25, 0.3) is 0 Å². The fourth-order valence-electron chi connectivity index (χ4n) is 2.77. The average molecular weight is 298 g/mol. The molecule has 1 aliphatic carbocycles. The van der Waals surface area contributed by atoms with E-state index in [1.54, 1.807) is 6.92 Å². The van der Waals surface area contributed by atoms with Crippen LogP contribution in [0.5, 0.6) is 0 Å². The number of hydrogen-bond acceptors (Lipinski definition) is 3. The van der Waals surface area contributed by atoms with Gasteiger partial charge in [-0.05, 0) is 18.3 Å². The van der Waals surface area contributed by atoms with Gasteiger partial charge in [0.05, 0.1) is 0 Å². The van der Waals surface area contributed by atoms with Gasteiger partial charge in [0.2, 0.25) is 5.91 Å². The van der Waals surface area contributed by atoms with Crippen molar-refractivity contribution in [2.24, 2.45) is 11.8 Å². The number of carbonyl (C=O) groups is 3. The lowest BCUT2D eigenvalue weighted by molar-refractivity contribution is -0.138. The quantitative estimate of drug-likeness (QED) is 0.672. The van der Waals surface area contributed by atoms with Crippen molar-refractivity contribution in [3.63, 3.8) is 0 Å². The highest BCUT2D eigenvalue weighted by molar-refractivity contribution is 5.94. The summed E-state index contributed by atoms with van der Waals surface area (Å²) in [5, 5.41) is 13.5. The number of carbonyl (C=O) groups excluding carboxylic acids is 2. The molecule has 21 heavy (non-hydrogen) atoms. The number of imide groups is 1. The molecule has 1 atom stereocenters. The lowest BCUT2D eigenvalue weighted by Crippen LogP contribution is -2.40. The van der Waals surface area contributed by atoms with Crippen molar-refractivity contribution >= 4 is 17.9 Å². The highest BCUT2D eigenvalue weighted by Gasteiger charge is 2.16. The molecule has 1 fully saturated rings. The summed E-state index contributed by atoms with van der Waals surface area (Å²) in [6.45, 7) is 2.25. The van der Waals surface area contributed by atoms with Crippen LogP contribution >= 0.6 is 0 Å². The van der Waals surface area contributed by atoms with Crippen molar-refractivity contribution in [2.75, 3.05) is 6.54 Å². The molecule has 6 nitrogen and oxygen atoms in total. The maximum Gasteiger partial charge on any atom is 0.321 e. The molecule has 3 N–H and O–H groups in total. The van der Waals surface area contributed by atoms with Gasteiger partial charge in [-0.15, -0.1) is 0 Å². The summed E-state index contributed by atoms with van der Waals surface area (Å²) in [4.78, 5) is 33.6. The Morgan fingerprint density at radius 2 is 1.81 bits per heavy atom. The smallest absolute Gasteiger partial charge is 0.321 e. The third-order valence-electron chi connectivity index (χ3n) is 3.87. The predicted octanol–water partition coefficient (Wildman–Crippen LogP) is 2.28. The molecular formula is C15H26N2O4. The van der Waals surface area contributed by atoms with Crippen LogP contribution in [-0.2, 0) is 9.59 Å². The monoisotopic (exact) mass is 298 g/mol. The second-order valence-electron chi connectivity index (χ2n) is 6.00. The zero-order chi connectivity index (χ0) is 15.7. The molecule has 0 radical (unpaired) electrons. The number of rotatable bonds is 7. The van der Waals surface area contributed by atoms with Gasteiger partial charge < -0.3 is 10.4 Å². The van der Waals surface area contributed by atoms with E-state index in [9.17, 15) is 14.4 Å². The molecule has 0 aromatic carbocycles. The van der Waals surface area contributed by atoms with E-state index in [4.69, 9.17) is 5.11 Å². The maximum atomic E-state index is 11.5. The van der Waals surface area contributed by atoms with E-state index >= 15 is 0 Å². The molecule has 1 rings (SSSR count). The molecule has 1 unspecified atom stereocenters. The Morgan fingerprint density at radius 1 is 1.14 bits per heavy atom. The van der Waals surface area contributed by atoms with Gasteiger partial charge in [0, 0.05) is 19.4 Å². The minimum absolute atomic E-state index is 0.0440. The average Bonchev–Trinajstić information content (AvgIpc) is 2.38. The molecule has 1 aliphatic rings. The van der Waals surface area contributed by atoms with Crippen LogP contribution in [-0.4, -0.2) is 29.6 Å². The first-order valence-corrected chi connectivity index (χ1v) is 7.77. The van der Waals surface area contributed by atoms with Gasteiger partial charge >= 0.3 is 12.0 Å². The first kappa shape index (κ1) is 17.5. The van der Waals surface area contributed by atoms with Crippen LogP contribution < -0.4 is 10.6 Å². The summed E-state index contributed by atoms with van der Waals surface area (Å²) in [5.74, 6) is -0.964. The number of amides is 3. The minimum Gasteiger partial charge on any atom is -0.481 e. The van der Waals surface area contributed by atoms with E-state index in [1.165, 1.54) is 32.1 Å². The second kappa shape index (κ2) is 9.37. The third-order valence-corrected chi connectivity index (χ3v) is 3.87. The molecule has 0 aromatic rings. The van der Waals surface area contributed by atoms with E-state index in [-0.39, 0.29) is 18.8 Å². The van der Waals surface area contributed by atoms with Gasteiger partial charge in [0.15, 0.2) is 0 Å². The van der Waals surface area contributed by atoms with E-state index in [1.807, 2.05) is 0 Å². The van der Waals surface area contributed by atoms with Crippen molar-refractivity contribution in [1.29, 1.82) is 0 Å². The second-order valence-corrected chi connectivity index (χ2v) is 6.00. The predicted molar refractivity (Wildman–Crippen MR) is 78.8 cm³/mol. The number of urea groups is 1. The molecule has 120 valence electrons. The van der Waals surface area contributed by atoms with Crippen molar-refractivity contribution < 1.29 is 19.5 Å². The van der Waals surface area contributed by atoms with Crippen LogP contribution in [0.3, 0.4) is 0 Å². The Kier molecular flexibility index (Phi) is 7.79. The van der Waals surface area contributed by atoms with Gasteiger partial charge in [0.1, 0.15) is 0 Å². The van der Waals surface area contributed by atoms with E-state index in [0.29, 0.717) is 12.5 Å². The Hall–Kier alpha value is -1.59. The van der Waals surface area contributed by atoms with Gasteiger partial charge in [-0.1, -0.05) is 39.0 Å². The highest BCUT2D eigenvalue weighted by atomic mass is 16.4. The summed E-state index contributed by atoms with van der Waals surface area (Å²) in [7, 11) is 0. The van der Waals surface area contributed by atoms with Crippen molar-refractivity contribution in [3.8, 4) is 0 Å². The maximum absolute atomic E-state index is 11.5. The molecule has 0 aromatic heterocycles. The SMILES string of the molecule is CC(CC(=O)O)CC(=O)NC(=O)NCCC1CCCCC1. The van der Waals surface area contributed by atoms with Crippen LogP contribution in [0.15, 0.2) is 0 Å². The zero-order valence-electron chi connectivity index (χ0n) is 12.7. The number of hydrogen-bond donors (Lipinski definition) is 3. The Morgan fingerprint density at radius 3 is 2.43 bits per heavy atom. The molecule has 3 amide bonds. The summed E-state index contributed by atoms with van der Waals surface area (Å²) in [5.41, 5.74) is 0. The van der Waals surface area contributed by atoms with Gasteiger partial charge in [-0.25, -0.2) is 4.79 Å². The van der Waals surface area contributed by atoms with Crippen molar-refractivity contribution in [3.05, 3.63) is 0 Å². The molecule has 0 saturated heterocycles. The molecule has 0 heterocycles. The summed E-state index contributed by atoms with van der Waals surface area (Å²) >= 11 is 0. The highest BCUT2D eigenvalue weighted by Crippen LogP contribution is 2.25.